The minimum absolute atomic E-state index is 0.0160. The van der Waals surface area contributed by atoms with Crippen LogP contribution in [0, 0.1) is 5.92 Å². The quantitative estimate of drug-likeness (QED) is 0.653. The van der Waals surface area contributed by atoms with Crippen LogP contribution < -0.4 is 10.6 Å². The number of piperazine rings is 1. The highest BCUT2D eigenvalue weighted by Gasteiger charge is 2.30. The maximum atomic E-state index is 12.4. The number of nitrogens with one attached hydrogen (secondary N) is 2. The fraction of sp³-hybridized carbons (Fsp3) is 0.750. The van der Waals surface area contributed by atoms with Gasteiger partial charge < -0.3 is 20.1 Å². The van der Waals surface area contributed by atoms with Crippen LogP contribution in [0.15, 0.2) is 12.4 Å². The third-order valence-electron chi connectivity index (χ3n) is 6.09. The smallest absolute Gasteiger partial charge is 0.237 e. The number of carbonyl (C=O) groups is 2. The molecule has 1 atom stereocenters. The zero-order valence-electron chi connectivity index (χ0n) is 17.2. The molecule has 0 saturated carbocycles. The normalized spacial score (nSPS) is 22.2. The Balaban J connectivity index is 1.34. The van der Waals surface area contributed by atoms with E-state index >= 15 is 0 Å². The second-order valence-electron chi connectivity index (χ2n) is 7.93. The summed E-state index contributed by atoms with van der Waals surface area (Å²) in [6, 6.07) is -0.327. The molecule has 2 fully saturated rings. The van der Waals surface area contributed by atoms with Gasteiger partial charge in [-0.05, 0) is 38.4 Å². The van der Waals surface area contributed by atoms with E-state index in [9.17, 15) is 9.59 Å². The second kappa shape index (κ2) is 10.0. The zero-order chi connectivity index (χ0) is 19.9. The van der Waals surface area contributed by atoms with Crippen molar-refractivity contribution in [1.29, 1.82) is 0 Å². The van der Waals surface area contributed by atoms with Gasteiger partial charge in [0, 0.05) is 52.0 Å². The number of rotatable bonds is 8. The highest BCUT2D eigenvalue weighted by Crippen LogP contribution is 2.17. The van der Waals surface area contributed by atoms with Crippen molar-refractivity contribution >= 4 is 11.8 Å². The molecule has 0 aromatic carbocycles. The summed E-state index contributed by atoms with van der Waals surface area (Å²) in [7, 11) is 2.04. The first-order valence-electron chi connectivity index (χ1n) is 10.5. The molecule has 3 heterocycles. The summed E-state index contributed by atoms with van der Waals surface area (Å²) in [5.41, 5.74) is 0. The maximum Gasteiger partial charge on any atom is 0.237 e. The molecule has 1 aromatic heterocycles. The third kappa shape index (κ3) is 5.54. The lowest BCUT2D eigenvalue weighted by Crippen LogP contribution is -2.56. The van der Waals surface area contributed by atoms with E-state index in [-0.39, 0.29) is 24.3 Å². The van der Waals surface area contributed by atoms with Gasteiger partial charge in [-0.15, -0.1) is 0 Å². The van der Waals surface area contributed by atoms with Crippen molar-refractivity contribution in [2.45, 2.75) is 38.6 Å². The Morgan fingerprint density at radius 3 is 2.79 bits per heavy atom. The minimum Gasteiger partial charge on any atom is -0.356 e. The number of carbonyl (C=O) groups excluding carboxylic acids is 2. The molecular weight excluding hydrogens is 356 g/mol. The number of hydrogen-bond acceptors (Lipinski definition) is 5. The first kappa shape index (κ1) is 20.8. The molecule has 156 valence electrons. The first-order chi connectivity index (χ1) is 13.6. The van der Waals surface area contributed by atoms with Crippen molar-refractivity contribution in [3.63, 3.8) is 0 Å². The topological polar surface area (TPSA) is 82.5 Å². The van der Waals surface area contributed by atoms with E-state index < -0.39 is 0 Å². The molecule has 2 amide bonds. The molecule has 2 N–H and O–H groups in total. The van der Waals surface area contributed by atoms with Crippen LogP contribution in [0.5, 0.6) is 0 Å². The average Bonchev–Trinajstić information content (AvgIpc) is 3.12. The summed E-state index contributed by atoms with van der Waals surface area (Å²) in [6.45, 7) is 8.20. The number of aromatic nitrogens is 2. The van der Waals surface area contributed by atoms with Crippen LogP contribution in [0.1, 0.15) is 32.0 Å². The van der Waals surface area contributed by atoms with Crippen LogP contribution >= 0.6 is 0 Å². The van der Waals surface area contributed by atoms with Crippen molar-refractivity contribution in [3.05, 3.63) is 18.2 Å². The number of aryl methyl sites for hydroxylation is 1. The molecule has 0 radical (unpaired) electrons. The Hall–Kier alpha value is -1.93. The van der Waals surface area contributed by atoms with E-state index in [0.717, 1.165) is 57.8 Å². The van der Waals surface area contributed by atoms with Gasteiger partial charge in [-0.1, -0.05) is 6.92 Å². The molecule has 0 bridgehead atoms. The van der Waals surface area contributed by atoms with Crippen molar-refractivity contribution in [2.24, 2.45) is 13.0 Å². The molecule has 28 heavy (non-hydrogen) atoms. The Labute approximate surface area is 167 Å². The second-order valence-corrected chi connectivity index (χ2v) is 7.93. The number of imidazole rings is 1. The zero-order valence-corrected chi connectivity index (χ0v) is 17.2. The Kier molecular flexibility index (Phi) is 7.44. The van der Waals surface area contributed by atoms with Crippen LogP contribution in [-0.2, 0) is 23.1 Å². The lowest BCUT2D eigenvalue weighted by molar-refractivity contribution is -0.133. The van der Waals surface area contributed by atoms with E-state index in [4.69, 9.17) is 0 Å². The third-order valence-corrected chi connectivity index (χ3v) is 6.09. The van der Waals surface area contributed by atoms with E-state index in [1.807, 2.05) is 26.4 Å². The van der Waals surface area contributed by atoms with Crippen LogP contribution in [0.3, 0.4) is 0 Å². The first-order valence-corrected chi connectivity index (χ1v) is 10.5. The van der Waals surface area contributed by atoms with Crippen LogP contribution in [0.4, 0.5) is 0 Å². The Bertz CT molecular complexity index is 653. The number of likely N-dealkylation sites (N-methyl/N-ethyl adjacent to an activating group) is 1. The fourth-order valence-corrected chi connectivity index (χ4v) is 4.18. The van der Waals surface area contributed by atoms with Gasteiger partial charge in [-0.3, -0.25) is 14.5 Å². The monoisotopic (exact) mass is 390 g/mol. The number of nitrogens with zero attached hydrogens (tertiary/aromatic N) is 4. The van der Waals surface area contributed by atoms with Gasteiger partial charge in [0.2, 0.25) is 11.8 Å². The molecule has 8 heteroatoms. The summed E-state index contributed by atoms with van der Waals surface area (Å²) >= 11 is 0. The predicted octanol–water partition coefficient (Wildman–Crippen LogP) is 0.00120. The summed E-state index contributed by atoms with van der Waals surface area (Å²) < 4.78 is 2.08. The minimum atomic E-state index is -0.327. The van der Waals surface area contributed by atoms with Gasteiger partial charge in [-0.2, -0.15) is 0 Å². The van der Waals surface area contributed by atoms with Crippen molar-refractivity contribution in [2.75, 3.05) is 45.8 Å². The highest BCUT2D eigenvalue weighted by molar-refractivity contribution is 5.88. The molecule has 0 spiro atoms. The molecule has 0 aliphatic carbocycles. The summed E-state index contributed by atoms with van der Waals surface area (Å²) in [5.74, 6) is 1.61. The maximum absolute atomic E-state index is 12.4. The van der Waals surface area contributed by atoms with E-state index in [1.165, 1.54) is 0 Å². The molecule has 2 aliphatic heterocycles. The number of hydrogen-bond donors (Lipinski definition) is 2. The summed E-state index contributed by atoms with van der Waals surface area (Å²) in [4.78, 5) is 33.4. The average molecular weight is 391 g/mol. The van der Waals surface area contributed by atoms with E-state index in [0.29, 0.717) is 19.0 Å². The molecule has 1 aromatic rings. The van der Waals surface area contributed by atoms with Gasteiger partial charge >= 0.3 is 0 Å². The largest absolute Gasteiger partial charge is 0.356 e. The molecule has 8 nitrogen and oxygen atoms in total. The van der Waals surface area contributed by atoms with Crippen molar-refractivity contribution in [3.8, 4) is 0 Å². The van der Waals surface area contributed by atoms with Crippen LogP contribution in [0.25, 0.3) is 0 Å². The van der Waals surface area contributed by atoms with Crippen molar-refractivity contribution < 1.29 is 9.59 Å². The molecule has 1 unspecified atom stereocenters. The molecule has 2 aliphatic rings. The van der Waals surface area contributed by atoms with Crippen LogP contribution in [0.2, 0.25) is 0 Å². The highest BCUT2D eigenvalue weighted by atomic mass is 16.2. The number of likely N-dealkylation sites (tertiary alicyclic amines) is 1. The summed E-state index contributed by atoms with van der Waals surface area (Å²) in [6.07, 6.45) is 7.27. The standard InChI is InChI=1S/C20H34N6O2/c1-3-26-13-8-22-20(28)17(26)14-19(27)23-15-16-4-9-25(10-5-16)11-6-18-21-7-12-24(18)2/h7,12,16-17H,3-6,8-11,13-15H2,1-2H3,(H,22,28)(H,23,27). The lowest BCUT2D eigenvalue weighted by Gasteiger charge is -2.34. The number of piperidine rings is 1. The predicted molar refractivity (Wildman–Crippen MR) is 108 cm³/mol. The molecule has 3 rings (SSSR count). The van der Waals surface area contributed by atoms with Gasteiger partial charge in [0.15, 0.2) is 0 Å². The summed E-state index contributed by atoms with van der Waals surface area (Å²) in [5, 5.41) is 5.93. The Morgan fingerprint density at radius 2 is 2.11 bits per heavy atom. The van der Waals surface area contributed by atoms with Crippen molar-refractivity contribution in [1.82, 2.24) is 30.0 Å². The fourth-order valence-electron chi connectivity index (χ4n) is 4.18. The van der Waals surface area contributed by atoms with Gasteiger partial charge in [0.1, 0.15) is 5.82 Å². The van der Waals surface area contributed by atoms with Gasteiger partial charge in [0.25, 0.3) is 0 Å². The van der Waals surface area contributed by atoms with Gasteiger partial charge in [0.05, 0.1) is 12.5 Å². The molecular formula is C20H34N6O2. The Morgan fingerprint density at radius 1 is 1.32 bits per heavy atom. The van der Waals surface area contributed by atoms with E-state index in [1.54, 1.807) is 0 Å². The lowest BCUT2D eigenvalue weighted by atomic mass is 9.96. The van der Waals surface area contributed by atoms with Crippen LogP contribution in [-0.4, -0.2) is 83.0 Å². The van der Waals surface area contributed by atoms with E-state index in [2.05, 4.69) is 30.0 Å². The van der Waals surface area contributed by atoms with Gasteiger partial charge in [-0.25, -0.2) is 4.98 Å². The number of amides is 2. The SMILES string of the molecule is CCN1CCNC(=O)C1CC(=O)NCC1CCN(CCc2nccn2C)CC1. The molecule has 2 saturated heterocycles.